The summed E-state index contributed by atoms with van der Waals surface area (Å²) in [7, 11) is 0. The lowest BCUT2D eigenvalue weighted by Gasteiger charge is -2.29. The standard InChI is InChI=1S/C14H28N4/c1-4-7-9-17(6-3)14(10-15)13-11-16-18(12-13)8-5-2/h11-12,14H,4-10,15H2,1-3H3. The SMILES string of the molecule is CCCCN(CC)C(CN)c1cnn(CCC)c1. The van der Waals surface area contributed by atoms with E-state index >= 15 is 0 Å². The predicted octanol–water partition coefficient (Wildman–Crippen LogP) is 2.41. The van der Waals surface area contributed by atoms with Crippen molar-refractivity contribution in [2.45, 2.75) is 52.6 Å². The van der Waals surface area contributed by atoms with Gasteiger partial charge in [0, 0.05) is 24.8 Å². The van der Waals surface area contributed by atoms with Gasteiger partial charge < -0.3 is 5.73 Å². The maximum atomic E-state index is 5.96. The second kappa shape index (κ2) is 8.27. The van der Waals surface area contributed by atoms with Crippen LogP contribution in [0.4, 0.5) is 0 Å². The maximum absolute atomic E-state index is 5.96. The van der Waals surface area contributed by atoms with E-state index < -0.39 is 0 Å². The van der Waals surface area contributed by atoms with Gasteiger partial charge in [-0.3, -0.25) is 9.58 Å². The molecular formula is C14H28N4. The number of hydrogen-bond donors (Lipinski definition) is 1. The summed E-state index contributed by atoms with van der Waals surface area (Å²) in [5, 5.41) is 4.41. The van der Waals surface area contributed by atoms with E-state index in [1.165, 1.54) is 18.4 Å². The van der Waals surface area contributed by atoms with Gasteiger partial charge in [-0.2, -0.15) is 5.10 Å². The van der Waals surface area contributed by atoms with Gasteiger partial charge in [-0.05, 0) is 25.9 Å². The third-order valence-electron chi connectivity index (χ3n) is 3.36. The van der Waals surface area contributed by atoms with E-state index in [-0.39, 0.29) is 0 Å². The number of hydrogen-bond acceptors (Lipinski definition) is 3. The normalized spacial score (nSPS) is 13.2. The molecule has 0 fully saturated rings. The first-order valence-electron chi connectivity index (χ1n) is 7.23. The number of rotatable bonds is 9. The topological polar surface area (TPSA) is 47.1 Å². The van der Waals surface area contributed by atoms with Gasteiger partial charge in [0.2, 0.25) is 0 Å². The smallest absolute Gasteiger partial charge is 0.0538 e. The minimum absolute atomic E-state index is 0.312. The molecular weight excluding hydrogens is 224 g/mol. The van der Waals surface area contributed by atoms with Crippen LogP contribution >= 0.6 is 0 Å². The van der Waals surface area contributed by atoms with Gasteiger partial charge >= 0.3 is 0 Å². The number of aromatic nitrogens is 2. The van der Waals surface area contributed by atoms with Crippen LogP contribution < -0.4 is 5.73 Å². The predicted molar refractivity (Wildman–Crippen MR) is 76.5 cm³/mol. The average Bonchev–Trinajstić information content (AvgIpc) is 2.83. The second-order valence-electron chi connectivity index (χ2n) is 4.77. The molecule has 0 amide bonds. The number of nitrogens with two attached hydrogens (primary N) is 1. The van der Waals surface area contributed by atoms with Crippen molar-refractivity contribution in [2.24, 2.45) is 5.73 Å². The van der Waals surface area contributed by atoms with Crippen LogP contribution in [-0.4, -0.2) is 34.3 Å². The highest BCUT2D eigenvalue weighted by Gasteiger charge is 2.18. The summed E-state index contributed by atoms with van der Waals surface area (Å²) in [5.41, 5.74) is 7.21. The fourth-order valence-corrected chi connectivity index (χ4v) is 2.29. The number of unbranched alkanes of at least 4 members (excludes halogenated alkanes) is 1. The van der Waals surface area contributed by atoms with Crippen molar-refractivity contribution in [1.82, 2.24) is 14.7 Å². The molecule has 0 aliphatic heterocycles. The van der Waals surface area contributed by atoms with E-state index in [1.54, 1.807) is 0 Å². The lowest BCUT2D eigenvalue weighted by Crippen LogP contribution is -2.34. The van der Waals surface area contributed by atoms with Gasteiger partial charge in [0.1, 0.15) is 0 Å². The summed E-state index contributed by atoms with van der Waals surface area (Å²) in [6.45, 7) is 10.4. The number of likely N-dealkylation sites (N-methyl/N-ethyl adjacent to an activating group) is 1. The van der Waals surface area contributed by atoms with Crippen molar-refractivity contribution in [3.63, 3.8) is 0 Å². The molecule has 1 heterocycles. The summed E-state index contributed by atoms with van der Waals surface area (Å²) in [5.74, 6) is 0. The summed E-state index contributed by atoms with van der Waals surface area (Å²) in [4.78, 5) is 2.46. The summed E-state index contributed by atoms with van der Waals surface area (Å²) < 4.78 is 2.02. The Morgan fingerprint density at radius 1 is 1.33 bits per heavy atom. The van der Waals surface area contributed by atoms with Crippen LogP contribution in [-0.2, 0) is 6.54 Å². The van der Waals surface area contributed by atoms with Gasteiger partial charge in [-0.25, -0.2) is 0 Å². The highest BCUT2D eigenvalue weighted by atomic mass is 15.3. The molecule has 0 spiro atoms. The molecule has 0 saturated heterocycles. The molecule has 1 unspecified atom stereocenters. The molecule has 4 heteroatoms. The molecule has 2 N–H and O–H groups in total. The Bertz CT molecular complexity index is 321. The van der Waals surface area contributed by atoms with E-state index in [0.29, 0.717) is 12.6 Å². The molecule has 0 saturated carbocycles. The fourth-order valence-electron chi connectivity index (χ4n) is 2.29. The van der Waals surface area contributed by atoms with E-state index in [0.717, 1.165) is 26.1 Å². The number of aryl methyl sites for hydroxylation is 1. The van der Waals surface area contributed by atoms with Crippen LogP contribution in [0.1, 0.15) is 51.6 Å². The molecule has 0 aliphatic rings. The summed E-state index contributed by atoms with van der Waals surface area (Å²) >= 11 is 0. The van der Waals surface area contributed by atoms with Gasteiger partial charge in [0.05, 0.1) is 12.2 Å². The van der Waals surface area contributed by atoms with Gasteiger partial charge in [-0.15, -0.1) is 0 Å². The minimum atomic E-state index is 0.312. The van der Waals surface area contributed by atoms with Gasteiger partial charge in [0.25, 0.3) is 0 Å². The Morgan fingerprint density at radius 3 is 2.67 bits per heavy atom. The van der Waals surface area contributed by atoms with Crippen molar-refractivity contribution >= 4 is 0 Å². The van der Waals surface area contributed by atoms with Crippen LogP contribution in [0.3, 0.4) is 0 Å². The molecule has 0 aliphatic carbocycles. The third kappa shape index (κ3) is 4.10. The lowest BCUT2D eigenvalue weighted by atomic mass is 10.1. The second-order valence-corrected chi connectivity index (χ2v) is 4.77. The molecule has 1 aromatic heterocycles. The van der Waals surface area contributed by atoms with Crippen LogP contribution in [0.25, 0.3) is 0 Å². The quantitative estimate of drug-likeness (QED) is 0.734. The molecule has 0 radical (unpaired) electrons. The molecule has 18 heavy (non-hydrogen) atoms. The largest absolute Gasteiger partial charge is 0.329 e. The molecule has 4 nitrogen and oxygen atoms in total. The molecule has 1 aromatic rings. The first kappa shape index (κ1) is 15.2. The zero-order valence-electron chi connectivity index (χ0n) is 12.1. The maximum Gasteiger partial charge on any atom is 0.0538 e. The number of nitrogens with zero attached hydrogens (tertiary/aromatic N) is 3. The van der Waals surface area contributed by atoms with E-state index in [1.807, 2.05) is 10.9 Å². The van der Waals surface area contributed by atoms with Crippen LogP contribution in [0, 0.1) is 0 Å². The zero-order valence-corrected chi connectivity index (χ0v) is 12.1. The van der Waals surface area contributed by atoms with Crippen molar-refractivity contribution in [2.75, 3.05) is 19.6 Å². The molecule has 104 valence electrons. The van der Waals surface area contributed by atoms with E-state index in [2.05, 4.69) is 37.0 Å². The minimum Gasteiger partial charge on any atom is -0.329 e. The van der Waals surface area contributed by atoms with E-state index in [9.17, 15) is 0 Å². The van der Waals surface area contributed by atoms with E-state index in [4.69, 9.17) is 5.73 Å². The highest BCUT2D eigenvalue weighted by molar-refractivity contribution is 5.11. The Hall–Kier alpha value is -0.870. The third-order valence-corrected chi connectivity index (χ3v) is 3.36. The Kier molecular flexibility index (Phi) is 6.98. The average molecular weight is 252 g/mol. The van der Waals surface area contributed by atoms with Crippen LogP contribution in [0.15, 0.2) is 12.4 Å². The van der Waals surface area contributed by atoms with Crippen LogP contribution in [0.5, 0.6) is 0 Å². The highest BCUT2D eigenvalue weighted by Crippen LogP contribution is 2.19. The van der Waals surface area contributed by atoms with Gasteiger partial charge in [-0.1, -0.05) is 27.2 Å². The van der Waals surface area contributed by atoms with Crippen molar-refractivity contribution in [3.05, 3.63) is 18.0 Å². The van der Waals surface area contributed by atoms with Gasteiger partial charge in [0.15, 0.2) is 0 Å². The molecule has 0 bridgehead atoms. The Morgan fingerprint density at radius 2 is 2.11 bits per heavy atom. The first-order valence-corrected chi connectivity index (χ1v) is 7.23. The Balaban J connectivity index is 2.72. The molecule has 1 rings (SSSR count). The monoisotopic (exact) mass is 252 g/mol. The molecule has 1 atom stereocenters. The lowest BCUT2D eigenvalue weighted by molar-refractivity contribution is 0.209. The fraction of sp³-hybridized carbons (Fsp3) is 0.786. The van der Waals surface area contributed by atoms with Crippen molar-refractivity contribution < 1.29 is 0 Å². The first-order chi connectivity index (χ1) is 8.76. The zero-order chi connectivity index (χ0) is 13.4. The van der Waals surface area contributed by atoms with Crippen molar-refractivity contribution in [3.8, 4) is 0 Å². The van der Waals surface area contributed by atoms with Crippen LogP contribution in [0.2, 0.25) is 0 Å². The molecule has 0 aromatic carbocycles. The van der Waals surface area contributed by atoms with Crippen molar-refractivity contribution in [1.29, 1.82) is 0 Å². The summed E-state index contributed by atoms with van der Waals surface area (Å²) in [6.07, 6.45) is 7.69. The summed E-state index contributed by atoms with van der Waals surface area (Å²) in [6, 6.07) is 0.312. The Labute approximate surface area is 111 Å².